The molecule has 0 bridgehead atoms. The minimum atomic E-state index is -0.545. The van der Waals surface area contributed by atoms with Gasteiger partial charge in [0, 0.05) is 19.5 Å². The third-order valence-electron chi connectivity index (χ3n) is 3.59. The quantitative estimate of drug-likeness (QED) is 0.864. The van der Waals surface area contributed by atoms with Gasteiger partial charge in [0.1, 0.15) is 6.04 Å². The van der Waals surface area contributed by atoms with Crippen LogP contribution < -0.4 is 5.32 Å². The zero-order chi connectivity index (χ0) is 15.2. The van der Waals surface area contributed by atoms with Crippen molar-refractivity contribution in [1.29, 1.82) is 0 Å². The first-order valence-corrected chi connectivity index (χ1v) is 7.45. The molecule has 2 amide bonds. The molecule has 114 valence electrons. The summed E-state index contributed by atoms with van der Waals surface area (Å²) < 4.78 is 5.12. The highest BCUT2D eigenvalue weighted by molar-refractivity contribution is 5.84. The Balaban J connectivity index is 2.21. The van der Waals surface area contributed by atoms with E-state index >= 15 is 0 Å². The average molecular weight is 290 g/mol. The number of fused-ring (bicyclic) bond motifs is 1. The first kappa shape index (κ1) is 15.4. The van der Waals surface area contributed by atoms with Gasteiger partial charge in [0.25, 0.3) is 0 Å². The summed E-state index contributed by atoms with van der Waals surface area (Å²) in [6.45, 7) is 5.13. The maximum Gasteiger partial charge on any atom is 0.329 e. The van der Waals surface area contributed by atoms with Crippen molar-refractivity contribution in [1.82, 2.24) is 10.2 Å². The van der Waals surface area contributed by atoms with E-state index in [0.29, 0.717) is 26.1 Å². The van der Waals surface area contributed by atoms with Gasteiger partial charge < -0.3 is 15.0 Å². The van der Waals surface area contributed by atoms with Crippen LogP contribution in [0.4, 0.5) is 4.79 Å². The topological polar surface area (TPSA) is 58.6 Å². The second-order valence-electron chi connectivity index (χ2n) is 5.10. The third kappa shape index (κ3) is 3.54. The van der Waals surface area contributed by atoms with E-state index in [0.717, 1.165) is 17.5 Å². The van der Waals surface area contributed by atoms with E-state index in [1.807, 2.05) is 31.2 Å². The molecule has 21 heavy (non-hydrogen) atoms. The van der Waals surface area contributed by atoms with E-state index in [1.54, 1.807) is 11.8 Å². The Kier molecular flexibility index (Phi) is 5.20. The van der Waals surface area contributed by atoms with Crippen LogP contribution in [0, 0.1) is 0 Å². The van der Waals surface area contributed by atoms with Gasteiger partial charge in [0.2, 0.25) is 0 Å². The van der Waals surface area contributed by atoms with Gasteiger partial charge in [0.05, 0.1) is 6.61 Å². The number of ether oxygens (including phenoxy) is 1. The molecule has 0 radical (unpaired) electrons. The van der Waals surface area contributed by atoms with Crippen molar-refractivity contribution in [2.24, 2.45) is 0 Å². The van der Waals surface area contributed by atoms with E-state index in [9.17, 15) is 9.59 Å². The molecule has 1 aliphatic rings. The van der Waals surface area contributed by atoms with Gasteiger partial charge in [0.15, 0.2) is 0 Å². The van der Waals surface area contributed by atoms with Gasteiger partial charge >= 0.3 is 12.0 Å². The van der Waals surface area contributed by atoms with Crippen LogP contribution in [0.3, 0.4) is 0 Å². The molecule has 5 nitrogen and oxygen atoms in total. The third-order valence-corrected chi connectivity index (χ3v) is 3.59. The maximum absolute atomic E-state index is 12.3. The molecule has 1 atom stereocenters. The summed E-state index contributed by atoms with van der Waals surface area (Å²) in [4.78, 5) is 26.0. The lowest BCUT2D eigenvalue weighted by atomic mass is 9.94. The summed E-state index contributed by atoms with van der Waals surface area (Å²) >= 11 is 0. The minimum Gasteiger partial charge on any atom is -0.464 e. The van der Waals surface area contributed by atoms with Gasteiger partial charge in [-0.05, 0) is 24.5 Å². The van der Waals surface area contributed by atoms with Crippen molar-refractivity contribution >= 4 is 12.0 Å². The lowest BCUT2D eigenvalue weighted by Gasteiger charge is -2.35. The molecule has 0 saturated carbocycles. The predicted octanol–water partition coefficient (Wildman–Crippen LogP) is 2.10. The van der Waals surface area contributed by atoms with Crippen molar-refractivity contribution in [3.05, 3.63) is 35.4 Å². The largest absolute Gasteiger partial charge is 0.464 e. The van der Waals surface area contributed by atoms with Crippen molar-refractivity contribution in [3.63, 3.8) is 0 Å². The number of carbonyl (C=O) groups is 2. The normalized spacial score (nSPS) is 17.0. The molecule has 1 aliphatic heterocycles. The van der Waals surface area contributed by atoms with Crippen molar-refractivity contribution in [2.45, 2.75) is 39.3 Å². The van der Waals surface area contributed by atoms with E-state index < -0.39 is 6.04 Å². The van der Waals surface area contributed by atoms with Gasteiger partial charge in [-0.15, -0.1) is 0 Å². The molecular formula is C16H22N2O3. The van der Waals surface area contributed by atoms with Crippen molar-refractivity contribution in [2.75, 3.05) is 13.2 Å². The Morgan fingerprint density at radius 1 is 1.29 bits per heavy atom. The lowest BCUT2D eigenvalue weighted by Crippen LogP contribution is -2.52. The summed E-state index contributed by atoms with van der Waals surface area (Å²) in [6, 6.07) is 7.15. The Morgan fingerprint density at radius 2 is 2.00 bits per heavy atom. The van der Waals surface area contributed by atoms with Crippen molar-refractivity contribution in [3.8, 4) is 0 Å². The Morgan fingerprint density at radius 3 is 2.67 bits per heavy atom. The highest BCUT2D eigenvalue weighted by Gasteiger charge is 2.35. The fraction of sp³-hybridized carbons (Fsp3) is 0.500. The zero-order valence-electron chi connectivity index (χ0n) is 12.6. The number of carbonyl (C=O) groups excluding carboxylic acids is 2. The smallest absolute Gasteiger partial charge is 0.329 e. The zero-order valence-corrected chi connectivity index (χ0v) is 12.6. The van der Waals surface area contributed by atoms with Crippen LogP contribution in [0.5, 0.6) is 0 Å². The Bertz CT molecular complexity index is 516. The van der Waals surface area contributed by atoms with E-state index in [2.05, 4.69) is 5.32 Å². The number of rotatable bonds is 4. The number of nitrogens with one attached hydrogen (secondary N) is 1. The van der Waals surface area contributed by atoms with Crippen molar-refractivity contribution < 1.29 is 14.3 Å². The number of benzene rings is 1. The highest BCUT2D eigenvalue weighted by atomic mass is 16.5. The summed E-state index contributed by atoms with van der Waals surface area (Å²) in [5, 5.41) is 2.84. The highest BCUT2D eigenvalue weighted by Crippen LogP contribution is 2.24. The molecule has 1 N–H and O–H groups in total. The van der Waals surface area contributed by atoms with E-state index in [-0.39, 0.29) is 12.0 Å². The average Bonchev–Trinajstić information content (AvgIpc) is 2.51. The summed E-state index contributed by atoms with van der Waals surface area (Å²) in [6.07, 6.45) is 1.37. The lowest BCUT2D eigenvalue weighted by molar-refractivity contribution is -0.148. The second-order valence-corrected chi connectivity index (χ2v) is 5.10. The molecule has 2 rings (SSSR count). The Labute approximate surface area is 125 Å². The minimum absolute atomic E-state index is 0.204. The number of hydrogen-bond acceptors (Lipinski definition) is 3. The number of amides is 2. The van der Waals surface area contributed by atoms with Crippen LogP contribution in [0.25, 0.3) is 0 Å². The first-order valence-electron chi connectivity index (χ1n) is 7.45. The molecule has 1 aromatic rings. The van der Waals surface area contributed by atoms with Crippen LogP contribution in [0.2, 0.25) is 0 Å². The molecule has 5 heteroatoms. The SMILES string of the molecule is CCCNC(=O)N1Cc2ccccc2CC1C(=O)OCC. The number of esters is 1. The summed E-state index contributed by atoms with van der Waals surface area (Å²) in [5.41, 5.74) is 2.19. The van der Waals surface area contributed by atoms with Gasteiger partial charge in [-0.25, -0.2) is 9.59 Å². The molecule has 0 aromatic heterocycles. The van der Waals surface area contributed by atoms with Crippen LogP contribution in [-0.2, 0) is 22.5 Å². The van der Waals surface area contributed by atoms with Gasteiger partial charge in [-0.2, -0.15) is 0 Å². The second kappa shape index (κ2) is 7.11. The van der Waals surface area contributed by atoms with Crippen LogP contribution in [-0.4, -0.2) is 36.1 Å². The monoisotopic (exact) mass is 290 g/mol. The number of urea groups is 1. The number of hydrogen-bond donors (Lipinski definition) is 1. The van der Waals surface area contributed by atoms with E-state index in [4.69, 9.17) is 4.74 Å². The summed E-state index contributed by atoms with van der Waals surface area (Å²) in [5.74, 6) is -0.335. The summed E-state index contributed by atoms with van der Waals surface area (Å²) in [7, 11) is 0. The standard InChI is InChI=1S/C16H22N2O3/c1-3-9-17-16(20)18-11-13-8-6-5-7-12(13)10-14(18)15(19)21-4-2/h5-8,14H,3-4,9-11H2,1-2H3,(H,17,20). The van der Waals surface area contributed by atoms with E-state index in [1.165, 1.54) is 0 Å². The molecular weight excluding hydrogens is 268 g/mol. The molecule has 0 aliphatic carbocycles. The molecule has 0 fully saturated rings. The molecule has 1 heterocycles. The number of nitrogens with zero attached hydrogens (tertiary/aromatic N) is 1. The molecule has 0 spiro atoms. The van der Waals surface area contributed by atoms with Gasteiger partial charge in [-0.3, -0.25) is 0 Å². The predicted molar refractivity (Wildman–Crippen MR) is 79.8 cm³/mol. The Hall–Kier alpha value is -2.04. The fourth-order valence-electron chi connectivity index (χ4n) is 2.52. The molecule has 1 aromatic carbocycles. The first-order chi connectivity index (χ1) is 10.2. The fourth-order valence-corrected chi connectivity index (χ4v) is 2.52. The van der Waals surface area contributed by atoms with Crippen LogP contribution in [0.1, 0.15) is 31.4 Å². The van der Waals surface area contributed by atoms with Crippen LogP contribution >= 0.6 is 0 Å². The maximum atomic E-state index is 12.3. The van der Waals surface area contributed by atoms with Crippen LogP contribution in [0.15, 0.2) is 24.3 Å². The molecule has 1 unspecified atom stereocenters. The van der Waals surface area contributed by atoms with Gasteiger partial charge in [-0.1, -0.05) is 31.2 Å². The molecule has 0 saturated heterocycles.